The van der Waals surface area contributed by atoms with Crippen LogP contribution in [-0.2, 0) is 19.0 Å². The predicted octanol–water partition coefficient (Wildman–Crippen LogP) is 3.15. The Morgan fingerprint density at radius 2 is 1.15 bits per heavy atom. The highest BCUT2D eigenvalue weighted by Crippen LogP contribution is 2.09. The molecule has 0 radical (unpaired) electrons. The number of carboxylic acids is 1. The van der Waals surface area contributed by atoms with Crippen molar-refractivity contribution in [2.45, 2.75) is 98.0 Å². The standard InChI is InChI=1S/C21H38N4O8/c1-19(2,3)31-16(28)23-13(14(26)27)11-10-12-22-15(24-17(29)32-20(4,5)6)25-18(30)33-21(7,8)9/h13H,10-12H2,1-9H3,(H,23,28)(H,26,27)(H2,22,24,25,29,30)/t13-/m1/s1. The number of carboxylic acid groups (broad SMARTS) is 1. The number of aliphatic imine (C=N–C) groups is 1. The molecule has 0 saturated heterocycles. The molecular formula is C21H38N4O8. The molecule has 0 aromatic rings. The van der Waals surface area contributed by atoms with Crippen molar-refractivity contribution < 1.29 is 38.5 Å². The van der Waals surface area contributed by atoms with Crippen LogP contribution in [0, 0.1) is 0 Å². The largest absolute Gasteiger partial charge is 0.480 e. The van der Waals surface area contributed by atoms with E-state index in [0.29, 0.717) is 0 Å². The molecule has 0 fully saturated rings. The van der Waals surface area contributed by atoms with Gasteiger partial charge in [0, 0.05) is 6.54 Å². The van der Waals surface area contributed by atoms with Gasteiger partial charge in [-0.2, -0.15) is 0 Å². The van der Waals surface area contributed by atoms with Gasteiger partial charge in [0.2, 0.25) is 5.96 Å². The molecule has 0 aromatic carbocycles. The molecule has 0 rings (SSSR count). The second-order valence-electron chi connectivity index (χ2n) is 10.2. The molecule has 0 aliphatic rings. The summed E-state index contributed by atoms with van der Waals surface area (Å²) in [6.07, 6.45) is -2.29. The van der Waals surface area contributed by atoms with Crippen molar-refractivity contribution in [3.8, 4) is 0 Å². The van der Waals surface area contributed by atoms with Gasteiger partial charge in [-0.1, -0.05) is 0 Å². The van der Waals surface area contributed by atoms with E-state index in [1.165, 1.54) is 0 Å². The van der Waals surface area contributed by atoms with Crippen molar-refractivity contribution in [1.82, 2.24) is 16.0 Å². The van der Waals surface area contributed by atoms with Crippen LogP contribution in [0.1, 0.15) is 75.2 Å². The van der Waals surface area contributed by atoms with Gasteiger partial charge in [0.15, 0.2) is 0 Å². The molecule has 33 heavy (non-hydrogen) atoms. The Balaban J connectivity index is 5.10. The van der Waals surface area contributed by atoms with Gasteiger partial charge in [-0.05, 0) is 75.2 Å². The first-order valence-electron chi connectivity index (χ1n) is 10.5. The van der Waals surface area contributed by atoms with E-state index in [0.717, 1.165) is 0 Å². The maximum Gasteiger partial charge on any atom is 0.414 e. The lowest BCUT2D eigenvalue weighted by Gasteiger charge is -2.22. The average molecular weight is 475 g/mol. The van der Waals surface area contributed by atoms with E-state index < -0.39 is 47.1 Å². The predicted molar refractivity (Wildman–Crippen MR) is 121 cm³/mol. The number of hydrogen-bond acceptors (Lipinski definition) is 8. The molecule has 0 saturated carbocycles. The fourth-order valence-electron chi connectivity index (χ4n) is 2.10. The summed E-state index contributed by atoms with van der Waals surface area (Å²) in [4.78, 5) is 51.5. The van der Waals surface area contributed by atoms with Crippen LogP contribution in [0.25, 0.3) is 0 Å². The second kappa shape index (κ2) is 12.3. The minimum atomic E-state index is -1.23. The van der Waals surface area contributed by atoms with Gasteiger partial charge in [0.05, 0.1) is 0 Å². The van der Waals surface area contributed by atoms with Crippen LogP contribution >= 0.6 is 0 Å². The summed E-state index contributed by atoms with van der Waals surface area (Å²) < 4.78 is 15.4. The molecule has 0 aromatic heterocycles. The first-order chi connectivity index (χ1) is 14.8. The number of aliphatic carboxylic acids is 1. The molecule has 0 aliphatic heterocycles. The van der Waals surface area contributed by atoms with Crippen molar-refractivity contribution >= 4 is 30.2 Å². The number of amides is 3. The van der Waals surface area contributed by atoms with E-state index >= 15 is 0 Å². The zero-order valence-corrected chi connectivity index (χ0v) is 21.0. The number of guanidine groups is 1. The summed E-state index contributed by atoms with van der Waals surface area (Å²) in [5.41, 5.74) is -2.32. The van der Waals surface area contributed by atoms with E-state index in [-0.39, 0.29) is 25.3 Å². The molecule has 0 aliphatic carbocycles. The molecule has 12 nitrogen and oxygen atoms in total. The van der Waals surface area contributed by atoms with E-state index in [1.807, 2.05) is 0 Å². The SMILES string of the molecule is CC(C)(C)OC(=O)NC(=NCCC[C@@H](NC(=O)OC(C)(C)C)C(=O)O)NC(=O)OC(C)(C)C. The van der Waals surface area contributed by atoms with Crippen LogP contribution in [-0.4, -0.2) is 64.7 Å². The molecular weight excluding hydrogens is 436 g/mol. The van der Waals surface area contributed by atoms with Gasteiger partial charge in [-0.3, -0.25) is 15.6 Å². The lowest BCUT2D eigenvalue weighted by atomic mass is 10.1. The summed E-state index contributed by atoms with van der Waals surface area (Å²) in [6.45, 7) is 15.1. The fourth-order valence-corrected chi connectivity index (χ4v) is 2.10. The van der Waals surface area contributed by atoms with Crippen molar-refractivity contribution in [2.24, 2.45) is 4.99 Å². The molecule has 4 N–H and O–H groups in total. The van der Waals surface area contributed by atoms with Crippen molar-refractivity contribution in [3.05, 3.63) is 0 Å². The Kier molecular flexibility index (Phi) is 11.1. The van der Waals surface area contributed by atoms with Crippen LogP contribution in [0.5, 0.6) is 0 Å². The minimum absolute atomic E-state index is 0.0285. The van der Waals surface area contributed by atoms with Gasteiger partial charge in [-0.25, -0.2) is 19.2 Å². The highest BCUT2D eigenvalue weighted by Gasteiger charge is 2.24. The molecule has 1 atom stereocenters. The van der Waals surface area contributed by atoms with Crippen LogP contribution in [0.15, 0.2) is 4.99 Å². The Labute approximate surface area is 194 Å². The van der Waals surface area contributed by atoms with Gasteiger partial charge in [-0.15, -0.1) is 0 Å². The number of carbonyl (C=O) groups excluding carboxylic acids is 3. The molecule has 0 heterocycles. The van der Waals surface area contributed by atoms with Crippen molar-refractivity contribution in [3.63, 3.8) is 0 Å². The topological polar surface area (TPSA) is 165 Å². The van der Waals surface area contributed by atoms with Crippen LogP contribution in [0.4, 0.5) is 14.4 Å². The average Bonchev–Trinajstić information content (AvgIpc) is 2.51. The normalized spacial score (nSPS) is 12.6. The van der Waals surface area contributed by atoms with E-state index in [4.69, 9.17) is 14.2 Å². The monoisotopic (exact) mass is 474 g/mol. The first-order valence-corrected chi connectivity index (χ1v) is 10.5. The molecule has 0 spiro atoms. The third-order valence-corrected chi connectivity index (χ3v) is 3.15. The highest BCUT2D eigenvalue weighted by molar-refractivity contribution is 6.01. The highest BCUT2D eigenvalue weighted by atomic mass is 16.6. The summed E-state index contributed by atoms with van der Waals surface area (Å²) in [6, 6.07) is -1.20. The Bertz CT molecular complexity index is 698. The number of rotatable bonds is 6. The summed E-state index contributed by atoms with van der Waals surface area (Å²) in [5.74, 6) is -1.45. The van der Waals surface area contributed by atoms with E-state index in [9.17, 15) is 24.3 Å². The van der Waals surface area contributed by atoms with E-state index in [2.05, 4.69) is 20.9 Å². The quantitative estimate of drug-likeness (QED) is 0.197. The summed E-state index contributed by atoms with van der Waals surface area (Å²) in [5, 5.41) is 16.3. The zero-order valence-electron chi connectivity index (χ0n) is 21.0. The number of hydrogen-bond donors (Lipinski definition) is 4. The number of nitrogens with zero attached hydrogens (tertiary/aromatic N) is 1. The maximum absolute atomic E-state index is 12.1. The first kappa shape index (κ1) is 29.9. The maximum atomic E-state index is 12.1. The lowest BCUT2D eigenvalue weighted by molar-refractivity contribution is -0.139. The smallest absolute Gasteiger partial charge is 0.414 e. The molecule has 190 valence electrons. The van der Waals surface area contributed by atoms with Crippen molar-refractivity contribution in [1.29, 1.82) is 0 Å². The number of alkyl carbamates (subject to hydrolysis) is 3. The van der Waals surface area contributed by atoms with Crippen LogP contribution in [0.3, 0.4) is 0 Å². The molecule has 0 bridgehead atoms. The number of nitrogens with one attached hydrogen (secondary N) is 3. The Hall–Kier alpha value is -3.05. The van der Waals surface area contributed by atoms with Crippen molar-refractivity contribution in [2.75, 3.05) is 6.54 Å². The third kappa shape index (κ3) is 17.2. The van der Waals surface area contributed by atoms with Gasteiger partial charge in [0.1, 0.15) is 22.8 Å². The van der Waals surface area contributed by atoms with Crippen LogP contribution < -0.4 is 16.0 Å². The molecule has 3 amide bonds. The summed E-state index contributed by atoms with van der Waals surface area (Å²) >= 11 is 0. The fraction of sp³-hybridized carbons (Fsp3) is 0.762. The summed E-state index contributed by atoms with van der Waals surface area (Å²) in [7, 11) is 0. The Morgan fingerprint density at radius 1 is 0.758 bits per heavy atom. The minimum Gasteiger partial charge on any atom is -0.480 e. The van der Waals surface area contributed by atoms with Gasteiger partial charge < -0.3 is 24.6 Å². The third-order valence-electron chi connectivity index (χ3n) is 3.15. The Morgan fingerprint density at radius 3 is 1.52 bits per heavy atom. The van der Waals surface area contributed by atoms with E-state index in [1.54, 1.807) is 62.3 Å². The molecule has 0 unspecified atom stereocenters. The lowest BCUT2D eigenvalue weighted by Crippen LogP contribution is -2.47. The number of carbonyl (C=O) groups is 4. The molecule has 12 heteroatoms. The van der Waals surface area contributed by atoms with Gasteiger partial charge in [0.25, 0.3) is 0 Å². The zero-order chi connectivity index (χ0) is 26.0. The van der Waals surface area contributed by atoms with Crippen LogP contribution in [0.2, 0.25) is 0 Å². The number of ether oxygens (including phenoxy) is 3. The second-order valence-corrected chi connectivity index (χ2v) is 10.2. The van der Waals surface area contributed by atoms with Gasteiger partial charge >= 0.3 is 24.2 Å².